The number of carbonyl (C=O) groups excluding carboxylic acids is 2. The lowest BCUT2D eigenvalue weighted by atomic mass is 10.1. The number of amides is 1. The Labute approximate surface area is 157 Å². The highest BCUT2D eigenvalue weighted by Crippen LogP contribution is 2.24. The molecule has 3 aromatic rings. The average molecular weight is 367 g/mol. The first-order valence-corrected chi connectivity index (χ1v) is 9.17. The van der Waals surface area contributed by atoms with Crippen LogP contribution in [0.1, 0.15) is 28.8 Å². The van der Waals surface area contributed by atoms with Crippen molar-refractivity contribution in [2.24, 2.45) is 0 Å². The van der Waals surface area contributed by atoms with Crippen LogP contribution >= 0.6 is 11.6 Å². The normalized spacial score (nSPS) is 14.1. The van der Waals surface area contributed by atoms with Gasteiger partial charge in [0, 0.05) is 41.8 Å². The molecule has 5 heteroatoms. The molecule has 132 valence electrons. The van der Waals surface area contributed by atoms with Crippen LogP contribution in [0.5, 0.6) is 0 Å². The van der Waals surface area contributed by atoms with Gasteiger partial charge in [0.1, 0.15) is 0 Å². The number of benzene rings is 2. The largest absolute Gasteiger partial charge is 0.342 e. The molecule has 1 aromatic heterocycles. The highest BCUT2D eigenvalue weighted by molar-refractivity contribution is 6.44. The number of halogens is 1. The molecule has 0 saturated carbocycles. The van der Waals surface area contributed by atoms with Gasteiger partial charge in [-0.05, 0) is 36.6 Å². The van der Waals surface area contributed by atoms with Crippen molar-refractivity contribution < 1.29 is 9.59 Å². The Bertz CT molecular complexity index is 969. The van der Waals surface area contributed by atoms with E-state index in [1.165, 1.54) is 0 Å². The fourth-order valence-corrected chi connectivity index (χ4v) is 3.65. The summed E-state index contributed by atoms with van der Waals surface area (Å²) in [5, 5.41) is 1.51. The van der Waals surface area contributed by atoms with E-state index in [0.717, 1.165) is 29.3 Å². The van der Waals surface area contributed by atoms with E-state index in [-0.39, 0.29) is 0 Å². The minimum Gasteiger partial charge on any atom is -0.342 e. The van der Waals surface area contributed by atoms with Crippen LogP contribution < -0.4 is 0 Å². The van der Waals surface area contributed by atoms with Gasteiger partial charge in [-0.25, -0.2) is 0 Å². The molecule has 1 amide bonds. The lowest BCUT2D eigenvalue weighted by Gasteiger charge is -2.13. The highest BCUT2D eigenvalue weighted by Gasteiger charge is 2.27. The number of ketones is 1. The van der Waals surface area contributed by atoms with Crippen LogP contribution in [0.15, 0.2) is 54.7 Å². The van der Waals surface area contributed by atoms with Crippen molar-refractivity contribution in [3.8, 4) is 0 Å². The number of likely N-dealkylation sites (tertiary alicyclic amines) is 1. The molecular weight excluding hydrogens is 348 g/mol. The van der Waals surface area contributed by atoms with Crippen LogP contribution in [-0.4, -0.2) is 34.2 Å². The standard InChI is InChI=1S/C21H19ClN2O2/c22-16-9-7-15(8-10-16)13-24-14-18(17-5-1-2-6-19(17)24)20(25)21(26)23-11-3-4-12-23/h1-2,5-10,14H,3-4,11-13H2. The fraction of sp³-hybridized carbons (Fsp3) is 0.238. The monoisotopic (exact) mass is 366 g/mol. The molecule has 2 heterocycles. The number of hydrogen-bond acceptors (Lipinski definition) is 2. The lowest BCUT2D eigenvalue weighted by Crippen LogP contribution is -2.34. The molecule has 4 nitrogen and oxygen atoms in total. The van der Waals surface area contributed by atoms with E-state index in [4.69, 9.17) is 11.6 Å². The first-order chi connectivity index (χ1) is 12.6. The number of rotatable bonds is 4. The second kappa shape index (κ2) is 6.96. The van der Waals surface area contributed by atoms with Crippen molar-refractivity contribution in [2.75, 3.05) is 13.1 Å². The van der Waals surface area contributed by atoms with Crippen LogP contribution in [0.4, 0.5) is 0 Å². The van der Waals surface area contributed by atoms with Crippen LogP contribution in [0.3, 0.4) is 0 Å². The Kier molecular flexibility index (Phi) is 4.51. The topological polar surface area (TPSA) is 42.3 Å². The van der Waals surface area contributed by atoms with Crippen molar-refractivity contribution >= 4 is 34.2 Å². The summed E-state index contributed by atoms with van der Waals surface area (Å²) in [4.78, 5) is 27.0. The van der Waals surface area contributed by atoms with E-state index in [1.54, 1.807) is 11.1 Å². The van der Waals surface area contributed by atoms with Gasteiger partial charge in [0.25, 0.3) is 11.7 Å². The SMILES string of the molecule is O=C(C(=O)N1CCCC1)c1cn(Cc2ccc(Cl)cc2)c2ccccc12. The molecule has 0 aliphatic carbocycles. The van der Waals surface area contributed by atoms with Gasteiger partial charge in [0.05, 0.1) is 5.56 Å². The van der Waals surface area contributed by atoms with Crippen LogP contribution in [0, 0.1) is 0 Å². The molecule has 1 saturated heterocycles. The third-order valence-electron chi connectivity index (χ3n) is 4.89. The quantitative estimate of drug-likeness (QED) is 0.514. The number of hydrogen-bond donors (Lipinski definition) is 0. The molecule has 2 aromatic carbocycles. The van der Waals surface area contributed by atoms with Gasteiger partial charge in [-0.15, -0.1) is 0 Å². The maximum absolute atomic E-state index is 12.8. The summed E-state index contributed by atoms with van der Waals surface area (Å²) in [7, 11) is 0. The van der Waals surface area contributed by atoms with Gasteiger partial charge >= 0.3 is 0 Å². The van der Waals surface area contributed by atoms with Gasteiger partial charge in [-0.3, -0.25) is 9.59 Å². The molecule has 1 aliphatic rings. The van der Waals surface area contributed by atoms with E-state index in [2.05, 4.69) is 0 Å². The summed E-state index contributed by atoms with van der Waals surface area (Å²) in [6, 6.07) is 15.4. The Morgan fingerprint density at radius 1 is 0.962 bits per heavy atom. The van der Waals surface area contributed by atoms with E-state index < -0.39 is 11.7 Å². The summed E-state index contributed by atoms with van der Waals surface area (Å²) in [5.41, 5.74) is 2.51. The summed E-state index contributed by atoms with van der Waals surface area (Å²) in [6.45, 7) is 1.96. The fourth-order valence-electron chi connectivity index (χ4n) is 3.52. The van der Waals surface area contributed by atoms with Gasteiger partial charge in [-0.1, -0.05) is 41.9 Å². The molecule has 0 unspecified atom stereocenters. The summed E-state index contributed by atoms with van der Waals surface area (Å²) >= 11 is 5.96. The molecule has 0 atom stereocenters. The molecule has 4 rings (SSSR count). The zero-order valence-corrected chi connectivity index (χ0v) is 15.1. The van der Waals surface area contributed by atoms with Gasteiger partial charge < -0.3 is 9.47 Å². The lowest BCUT2D eigenvalue weighted by molar-refractivity contribution is -0.125. The maximum Gasteiger partial charge on any atom is 0.295 e. The van der Waals surface area contributed by atoms with E-state index >= 15 is 0 Å². The number of fused-ring (bicyclic) bond motifs is 1. The number of aromatic nitrogens is 1. The van der Waals surface area contributed by atoms with E-state index in [9.17, 15) is 9.59 Å². The molecule has 26 heavy (non-hydrogen) atoms. The Hall–Kier alpha value is -2.59. The molecule has 0 N–H and O–H groups in total. The molecular formula is C21H19ClN2O2. The highest BCUT2D eigenvalue weighted by atomic mass is 35.5. The molecule has 0 bridgehead atoms. The van der Waals surface area contributed by atoms with Crippen molar-refractivity contribution in [2.45, 2.75) is 19.4 Å². The van der Waals surface area contributed by atoms with Gasteiger partial charge in [0.2, 0.25) is 0 Å². The number of carbonyl (C=O) groups is 2. The predicted octanol–water partition coefficient (Wildman–Crippen LogP) is 4.15. The Balaban J connectivity index is 1.70. The van der Waals surface area contributed by atoms with Crippen molar-refractivity contribution in [1.82, 2.24) is 9.47 Å². The maximum atomic E-state index is 12.8. The van der Waals surface area contributed by atoms with Crippen LogP contribution in [-0.2, 0) is 11.3 Å². The van der Waals surface area contributed by atoms with Crippen LogP contribution in [0.2, 0.25) is 5.02 Å². The summed E-state index contributed by atoms with van der Waals surface area (Å²) in [6.07, 6.45) is 3.74. The predicted molar refractivity (Wildman–Crippen MR) is 103 cm³/mol. The van der Waals surface area contributed by atoms with Crippen molar-refractivity contribution in [3.05, 3.63) is 70.9 Å². The zero-order valence-electron chi connectivity index (χ0n) is 14.3. The summed E-state index contributed by atoms with van der Waals surface area (Å²) < 4.78 is 2.02. The smallest absolute Gasteiger partial charge is 0.295 e. The van der Waals surface area contributed by atoms with E-state index in [0.29, 0.717) is 30.2 Å². The first kappa shape index (κ1) is 16.9. The Morgan fingerprint density at radius 2 is 1.65 bits per heavy atom. The first-order valence-electron chi connectivity index (χ1n) is 8.79. The van der Waals surface area contributed by atoms with E-state index in [1.807, 2.05) is 53.1 Å². The second-order valence-corrected chi connectivity index (χ2v) is 7.08. The van der Waals surface area contributed by atoms with Gasteiger partial charge in [0.15, 0.2) is 0 Å². The minimum atomic E-state index is -0.419. The summed E-state index contributed by atoms with van der Waals surface area (Å²) in [5.74, 6) is -0.810. The van der Waals surface area contributed by atoms with Gasteiger partial charge in [-0.2, -0.15) is 0 Å². The zero-order chi connectivity index (χ0) is 18.1. The third-order valence-corrected chi connectivity index (χ3v) is 5.14. The number of Topliss-reactive ketones (excluding diaryl/α,β-unsaturated/α-hetero) is 1. The molecule has 1 aliphatic heterocycles. The van der Waals surface area contributed by atoms with Crippen molar-refractivity contribution in [3.63, 3.8) is 0 Å². The second-order valence-electron chi connectivity index (χ2n) is 6.64. The minimum absolute atomic E-state index is 0.392. The van der Waals surface area contributed by atoms with Crippen LogP contribution in [0.25, 0.3) is 10.9 Å². The molecule has 1 fully saturated rings. The van der Waals surface area contributed by atoms with Crippen molar-refractivity contribution in [1.29, 1.82) is 0 Å². The Morgan fingerprint density at radius 3 is 2.38 bits per heavy atom. The number of para-hydroxylation sites is 1. The molecule has 0 radical (unpaired) electrons. The average Bonchev–Trinajstić information content (AvgIpc) is 3.31. The number of nitrogens with zero attached hydrogens (tertiary/aromatic N) is 2. The molecule has 0 spiro atoms. The third kappa shape index (κ3) is 3.13.